The van der Waals surface area contributed by atoms with Crippen LogP contribution in [-0.4, -0.2) is 14.3 Å². The van der Waals surface area contributed by atoms with Crippen molar-refractivity contribution in [3.05, 3.63) is 102 Å². The Morgan fingerprint density at radius 1 is 0.886 bits per heavy atom. The van der Waals surface area contributed by atoms with E-state index in [1.165, 1.54) is 0 Å². The van der Waals surface area contributed by atoms with E-state index in [2.05, 4.69) is 17.0 Å². The Labute approximate surface area is 207 Å². The van der Waals surface area contributed by atoms with Gasteiger partial charge in [-0.25, -0.2) is 8.42 Å². The molecule has 1 atom stereocenters. The minimum atomic E-state index is -3.73. The lowest BCUT2D eigenvalue weighted by molar-refractivity contribution is -0.117. The van der Waals surface area contributed by atoms with Crippen molar-refractivity contribution in [1.82, 2.24) is 0 Å². The largest absolute Gasteiger partial charge is 0.325 e. The van der Waals surface area contributed by atoms with E-state index in [1.54, 1.807) is 42.5 Å². The number of amides is 1. The van der Waals surface area contributed by atoms with E-state index in [0.29, 0.717) is 11.4 Å². The summed E-state index contributed by atoms with van der Waals surface area (Å²) >= 11 is 0. The maximum atomic E-state index is 13.4. The Bertz CT molecular complexity index is 1430. The van der Waals surface area contributed by atoms with Gasteiger partial charge in [0.1, 0.15) is 0 Å². The van der Waals surface area contributed by atoms with Crippen LogP contribution < -0.4 is 10.0 Å². The number of unbranched alkanes of at least 4 members (excludes halogenated alkanes) is 1. The number of carbonyl (C=O) groups is 1. The lowest BCUT2D eigenvalue weighted by Gasteiger charge is -2.18. The topological polar surface area (TPSA) is 75.3 Å². The van der Waals surface area contributed by atoms with Gasteiger partial charge in [-0.1, -0.05) is 80.1 Å². The molecular weight excluding hydrogens is 456 g/mol. The van der Waals surface area contributed by atoms with Crippen molar-refractivity contribution in [2.45, 2.75) is 43.9 Å². The number of hydrogen-bond donors (Lipinski definition) is 2. The van der Waals surface area contributed by atoms with Crippen LogP contribution in [0, 0.1) is 0 Å². The fourth-order valence-corrected chi connectivity index (χ4v) is 5.24. The first-order valence-electron chi connectivity index (χ1n) is 11.9. The number of anilines is 2. The maximum absolute atomic E-state index is 13.4. The quantitative estimate of drug-likeness (QED) is 0.276. The molecule has 0 aliphatic carbocycles. The van der Waals surface area contributed by atoms with Crippen LogP contribution in [0.25, 0.3) is 10.8 Å². The van der Waals surface area contributed by atoms with E-state index >= 15 is 0 Å². The van der Waals surface area contributed by atoms with Crippen LogP contribution >= 0.6 is 0 Å². The molecule has 0 aliphatic heterocycles. The highest BCUT2D eigenvalue weighted by Gasteiger charge is 2.20. The summed E-state index contributed by atoms with van der Waals surface area (Å²) in [4.78, 5) is 13.5. The van der Waals surface area contributed by atoms with Gasteiger partial charge < -0.3 is 5.32 Å². The van der Waals surface area contributed by atoms with E-state index in [0.717, 1.165) is 41.2 Å². The molecule has 0 saturated heterocycles. The zero-order valence-corrected chi connectivity index (χ0v) is 20.8. The van der Waals surface area contributed by atoms with Crippen molar-refractivity contribution in [2.75, 3.05) is 10.0 Å². The highest BCUT2D eigenvalue weighted by molar-refractivity contribution is 7.92. The fourth-order valence-electron chi connectivity index (χ4n) is 4.17. The minimum absolute atomic E-state index is 0.137. The van der Waals surface area contributed by atoms with Gasteiger partial charge in [-0.15, -0.1) is 0 Å². The van der Waals surface area contributed by atoms with Gasteiger partial charge in [0.05, 0.1) is 16.5 Å². The molecule has 35 heavy (non-hydrogen) atoms. The average Bonchev–Trinajstić information content (AvgIpc) is 2.87. The third-order valence-electron chi connectivity index (χ3n) is 6.16. The van der Waals surface area contributed by atoms with Gasteiger partial charge in [0, 0.05) is 5.69 Å². The summed E-state index contributed by atoms with van der Waals surface area (Å²) in [5, 5.41) is 5.21. The normalized spacial score (nSPS) is 12.3. The molecule has 2 N–H and O–H groups in total. The summed E-state index contributed by atoms with van der Waals surface area (Å²) < 4.78 is 28.3. The van der Waals surface area contributed by atoms with Gasteiger partial charge in [-0.2, -0.15) is 0 Å². The molecule has 4 aromatic carbocycles. The van der Waals surface area contributed by atoms with Crippen molar-refractivity contribution < 1.29 is 13.2 Å². The molecule has 1 amide bonds. The minimum Gasteiger partial charge on any atom is -0.325 e. The molecule has 0 fully saturated rings. The molecule has 0 aliphatic rings. The van der Waals surface area contributed by atoms with Crippen molar-refractivity contribution in [3.8, 4) is 0 Å². The molecule has 6 heteroatoms. The molecule has 0 heterocycles. The van der Waals surface area contributed by atoms with Gasteiger partial charge >= 0.3 is 0 Å². The first kappa shape index (κ1) is 24.5. The molecule has 4 rings (SSSR count). The second-order valence-corrected chi connectivity index (χ2v) is 10.4. The Balaban J connectivity index is 1.62. The summed E-state index contributed by atoms with van der Waals surface area (Å²) in [5.74, 6) is -0.521. The van der Waals surface area contributed by atoms with Gasteiger partial charge in [0.15, 0.2) is 0 Å². The van der Waals surface area contributed by atoms with E-state index in [-0.39, 0.29) is 16.7 Å². The van der Waals surface area contributed by atoms with E-state index < -0.39 is 10.0 Å². The Hall–Kier alpha value is -3.64. The van der Waals surface area contributed by atoms with Crippen LogP contribution in [0.15, 0.2) is 95.9 Å². The highest BCUT2D eigenvalue weighted by Crippen LogP contribution is 2.29. The summed E-state index contributed by atoms with van der Waals surface area (Å²) in [6.07, 6.45) is 2.78. The second-order valence-electron chi connectivity index (χ2n) is 8.67. The highest BCUT2D eigenvalue weighted by atomic mass is 32.2. The number of rotatable bonds is 9. The van der Waals surface area contributed by atoms with E-state index in [4.69, 9.17) is 0 Å². The zero-order chi connectivity index (χ0) is 24.8. The molecule has 0 aromatic heterocycles. The molecule has 0 radical (unpaired) electrons. The second kappa shape index (κ2) is 10.7. The predicted molar refractivity (Wildman–Crippen MR) is 143 cm³/mol. The number of sulfonamides is 1. The van der Waals surface area contributed by atoms with Gasteiger partial charge in [-0.3, -0.25) is 9.52 Å². The molecule has 0 saturated carbocycles. The molecule has 180 valence electrons. The molecule has 4 aromatic rings. The van der Waals surface area contributed by atoms with E-state index in [1.807, 2.05) is 55.5 Å². The predicted octanol–water partition coefficient (Wildman–Crippen LogP) is 6.73. The maximum Gasteiger partial charge on any atom is 0.261 e. The van der Waals surface area contributed by atoms with Crippen LogP contribution in [0.4, 0.5) is 11.4 Å². The van der Waals surface area contributed by atoms with Crippen molar-refractivity contribution >= 4 is 38.1 Å². The summed E-state index contributed by atoms with van der Waals surface area (Å²) in [6, 6.07) is 27.6. The van der Waals surface area contributed by atoms with Crippen molar-refractivity contribution in [1.29, 1.82) is 0 Å². The third kappa shape index (κ3) is 5.72. The number of carbonyl (C=O) groups excluding carboxylic acids is 1. The lowest BCUT2D eigenvalue weighted by Crippen LogP contribution is -2.20. The molecule has 5 nitrogen and oxygen atoms in total. The number of aryl methyl sites for hydroxylation is 1. The van der Waals surface area contributed by atoms with E-state index in [9.17, 15) is 13.2 Å². The Kier molecular flexibility index (Phi) is 7.51. The van der Waals surface area contributed by atoms with Crippen LogP contribution in [0.3, 0.4) is 0 Å². The molecule has 1 unspecified atom stereocenters. The lowest BCUT2D eigenvalue weighted by atomic mass is 9.94. The van der Waals surface area contributed by atoms with Crippen LogP contribution in [0.2, 0.25) is 0 Å². The smallest absolute Gasteiger partial charge is 0.261 e. The molecule has 0 bridgehead atoms. The zero-order valence-electron chi connectivity index (χ0n) is 20.0. The van der Waals surface area contributed by atoms with Crippen LogP contribution in [0.1, 0.15) is 43.7 Å². The number of nitrogens with one attached hydrogen (secondary N) is 2. The first-order chi connectivity index (χ1) is 16.9. The van der Waals surface area contributed by atoms with Crippen LogP contribution in [0.5, 0.6) is 0 Å². The van der Waals surface area contributed by atoms with Crippen molar-refractivity contribution in [2.24, 2.45) is 0 Å². The molecule has 0 spiro atoms. The fraction of sp³-hybridized carbons (Fsp3) is 0.207. The Morgan fingerprint density at radius 2 is 1.60 bits per heavy atom. The third-order valence-corrected chi connectivity index (χ3v) is 7.55. The van der Waals surface area contributed by atoms with Crippen LogP contribution in [-0.2, 0) is 21.2 Å². The number of benzene rings is 4. The summed E-state index contributed by atoms with van der Waals surface area (Å²) in [7, 11) is -3.73. The monoisotopic (exact) mass is 486 g/mol. The number of hydrogen-bond acceptors (Lipinski definition) is 3. The van der Waals surface area contributed by atoms with Gasteiger partial charge in [0.25, 0.3) is 10.0 Å². The summed E-state index contributed by atoms with van der Waals surface area (Å²) in [6.45, 7) is 4.01. The van der Waals surface area contributed by atoms with Gasteiger partial charge in [-0.05, 0) is 65.9 Å². The molecular formula is C29H30N2O3S. The SMILES string of the molecule is CCCCc1ccc(NS(=O)(=O)c2ccccc2)cc1NC(=O)C(C)c1cccc2ccccc12. The van der Waals surface area contributed by atoms with Gasteiger partial charge in [0.2, 0.25) is 5.91 Å². The van der Waals surface area contributed by atoms with Crippen molar-refractivity contribution in [3.63, 3.8) is 0 Å². The summed E-state index contributed by atoms with van der Waals surface area (Å²) in [5.41, 5.74) is 2.97. The number of fused-ring (bicyclic) bond motifs is 1. The average molecular weight is 487 g/mol. The Morgan fingerprint density at radius 3 is 2.37 bits per heavy atom. The first-order valence-corrected chi connectivity index (χ1v) is 13.4. The standard InChI is InChI=1S/C29H30N2O3S/c1-3-4-11-23-18-19-24(31-35(33,34)25-14-6-5-7-15-25)20-28(23)30-29(32)21(2)26-17-10-13-22-12-8-9-16-27(22)26/h5-10,12-21,31H,3-4,11H2,1-2H3,(H,30,32).